The van der Waals surface area contributed by atoms with Crippen molar-refractivity contribution in [2.24, 2.45) is 11.8 Å². The Labute approximate surface area is 168 Å². The maximum absolute atomic E-state index is 13.0. The van der Waals surface area contributed by atoms with E-state index in [9.17, 15) is 9.59 Å². The van der Waals surface area contributed by atoms with E-state index in [-0.39, 0.29) is 12.0 Å². The molecule has 0 N–H and O–H groups in total. The zero-order chi connectivity index (χ0) is 20.3. The second-order valence-electron chi connectivity index (χ2n) is 9.23. The van der Waals surface area contributed by atoms with Gasteiger partial charge in [0, 0.05) is 45.0 Å². The molecule has 0 radical (unpaired) electrons. The van der Waals surface area contributed by atoms with Crippen molar-refractivity contribution in [3.63, 3.8) is 0 Å². The molecule has 1 aliphatic carbocycles. The number of carbonyl (C=O) groups excluding carboxylic acids is 2. The summed E-state index contributed by atoms with van der Waals surface area (Å²) >= 11 is 0. The summed E-state index contributed by atoms with van der Waals surface area (Å²) in [7, 11) is 1.80. The van der Waals surface area contributed by atoms with Gasteiger partial charge in [-0.05, 0) is 76.0 Å². The number of hydrogen-bond donors (Lipinski definition) is 0. The summed E-state index contributed by atoms with van der Waals surface area (Å²) in [5.41, 5.74) is 2.01. The van der Waals surface area contributed by atoms with E-state index in [1.807, 2.05) is 37.9 Å². The minimum Gasteiger partial charge on any atom is -0.444 e. The molecule has 2 heterocycles. The maximum Gasteiger partial charge on any atom is 0.410 e. The van der Waals surface area contributed by atoms with Gasteiger partial charge in [-0.3, -0.25) is 9.78 Å². The van der Waals surface area contributed by atoms with Gasteiger partial charge in [0.1, 0.15) is 5.60 Å². The molecular weight excluding hydrogens is 354 g/mol. The highest BCUT2D eigenvalue weighted by Gasteiger charge is 2.32. The van der Waals surface area contributed by atoms with Crippen LogP contribution in [0.2, 0.25) is 0 Å². The third-order valence-electron chi connectivity index (χ3n) is 5.76. The molecule has 3 rings (SSSR count). The molecule has 6 nitrogen and oxygen atoms in total. The molecule has 28 heavy (non-hydrogen) atoms. The number of nitrogens with zero attached hydrogens (tertiary/aromatic N) is 3. The summed E-state index contributed by atoms with van der Waals surface area (Å²) in [6, 6.07) is 2.03. The van der Waals surface area contributed by atoms with Crippen molar-refractivity contribution in [2.75, 3.05) is 20.1 Å². The fourth-order valence-corrected chi connectivity index (χ4v) is 4.22. The van der Waals surface area contributed by atoms with E-state index in [1.165, 1.54) is 11.1 Å². The lowest BCUT2D eigenvalue weighted by Crippen LogP contribution is -2.42. The van der Waals surface area contributed by atoms with Gasteiger partial charge in [-0.25, -0.2) is 4.79 Å². The molecule has 0 atom stereocenters. The average Bonchev–Trinajstić information content (AvgIpc) is 2.66. The first kappa shape index (κ1) is 20.6. The first-order chi connectivity index (χ1) is 13.2. The Kier molecular flexibility index (Phi) is 6.26. The van der Waals surface area contributed by atoms with Crippen LogP contribution >= 0.6 is 0 Å². The third kappa shape index (κ3) is 5.24. The lowest BCUT2D eigenvalue weighted by atomic mass is 9.81. The number of ether oxygens (including phenoxy) is 1. The van der Waals surface area contributed by atoms with Crippen LogP contribution in [0.15, 0.2) is 18.5 Å². The highest BCUT2D eigenvalue weighted by Crippen LogP contribution is 2.32. The first-order valence-electron chi connectivity index (χ1n) is 10.4. The number of aromatic nitrogens is 1. The van der Waals surface area contributed by atoms with E-state index in [2.05, 4.69) is 4.98 Å². The second-order valence-corrected chi connectivity index (χ2v) is 9.23. The molecule has 0 spiro atoms. The molecule has 154 valence electrons. The predicted molar refractivity (Wildman–Crippen MR) is 108 cm³/mol. The van der Waals surface area contributed by atoms with E-state index in [4.69, 9.17) is 4.74 Å². The van der Waals surface area contributed by atoms with Crippen LogP contribution in [0.25, 0.3) is 0 Å². The average molecular weight is 388 g/mol. The first-order valence-corrected chi connectivity index (χ1v) is 10.4. The van der Waals surface area contributed by atoms with Crippen molar-refractivity contribution < 1.29 is 14.3 Å². The van der Waals surface area contributed by atoms with Crippen LogP contribution in [-0.2, 0) is 22.5 Å². The van der Waals surface area contributed by atoms with Crippen LogP contribution in [0.5, 0.6) is 0 Å². The van der Waals surface area contributed by atoms with Crippen molar-refractivity contribution in [3.8, 4) is 0 Å². The minimum atomic E-state index is -0.474. The lowest BCUT2D eigenvalue weighted by molar-refractivity contribution is -0.137. The number of amides is 2. The maximum atomic E-state index is 13.0. The smallest absolute Gasteiger partial charge is 0.410 e. The Morgan fingerprint density at radius 2 is 1.93 bits per heavy atom. The molecule has 1 aromatic heterocycles. The largest absolute Gasteiger partial charge is 0.444 e. The van der Waals surface area contributed by atoms with Crippen molar-refractivity contribution in [1.82, 2.24) is 14.8 Å². The molecule has 1 aromatic rings. The highest BCUT2D eigenvalue weighted by molar-refractivity contribution is 5.79. The van der Waals surface area contributed by atoms with E-state index in [1.54, 1.807) is 18.1 Å². The summed E-state index contributed by atoms with van der Waals surface area (Å²) in [6.45, 7) is 7.83. The van der Waals surface area contributed by atoms with Crippen LogP contribution in [0.3, 0.4) is 0 Å². The van der Waals surface area contributed by atoms with Gasteiger partial charge in [0.25, 0.3) is 0 Å². The van der Waals surface area contributed by atoms with Crippen molar-refractivity contribution in [2.45, 2.75) is 65.0 Å². The number of hydrogen-bond acceptors (Lipinski definition) is 4. The lowest BCUT2D eigenvalue weighted by Gasteiger charge is -2.35. The standard InChI is InChI=1S/C22H33N3O3/c1-22(2,3)28-21(27)24(4)14-16-5-7-17(8-6-16)20(26)25-12-10-18-13-23-11-9-19(18)15-25/h9,11,13,16-17H,5-8,10,12,14-15H2,1-4H3/t16-,17-. The minimum absolute atomic E-state index is 0.117. The van der Waals surface area contributed by atoms with Gasteiger partial charge in [0.15, 0.2) is 0 Å². The van der Waals surface area contributed by atoms with Gasteiger partial charge in [-0.2, -0.15) is 0 Å². The molecule has 1 fully saturated rings. The van der Waals surface area contributed by atoms with Crippen molar-refractivity contribution in [1.29, 1.82) is 0 Å². The van der Waals surface area contributed by atoms with Crippen molar-refractivity contribution in [3.05, 3.63) is 29.6 Å². The Balaban J connectivity index is 1.46. The molecule has 0 unspecified atom stereocenters. The Bertz CT molecular complexity index is 705. The van der Waals surface area contributed by atoms with Crippen LogP contribution in [-0.4, -0.2) is 52.5 Å². The van der Waals surface area contributed by atoms with E-state index in [0.717, 1.165) is 38.6 Å². The van der Waals surface area contributed by atoms with Crippen molar-refractivity contribution >= 4 is 12.0 Å². The summed E-state index contributed by atoms with van der Waals surface area (Å²) in [5.74, 6) is 0.850. The zero-order valence-electron chi connectivity index (χ0n) is 17.6. The summed E-state index contributed by atoms with van der Waals surface area (Å²) in [6.07, 6.45) is 8.13. The predicted octanol–water partition coefficient (Wildman–Crippen LogP) is 3.64. The van der Waals surface area contributed by atoms with Gasteiger partial charge in [0.2, 0.25) is 5.91 Å². The Hall–Kier alpha value is -2.11. The highest BCUT2D eigenvalue weighted by atomic mass is 16.6. The molecule has 0 aromatic carbocycles. The topological polar surface area (TPSA) is 62.7 Å². The summed E-state index contributed by atoms with van der Waals surface area (Å²) in [4.78, 5) is 33.0. The normalized spacial score (nSPS) is 22.4. The van der Waals surface area contributed by atoms with Gasteiger partial charge in [0.05, 0.1) is 0 Å². The monoisotopic (exact) mass is 387 g/mol. The molecule has 0 saturated heterocycles. The molecule has 1 aliphatic heterocycles. The molecule has 1 saturated carbocycles. The number of rotatable bonds is 3. The molecule has 6 heteroatoms. The summed E-state index contributed by atoms with van der Waals surface area (Å²) in [5, 5.41) is 0. The van der Waals surface area contributed by atoms with Gasteiger partial charge in [-0.1, -0.05) is 0 Å². The molecular formula is C22H33N3O3. The zero-order valence-corrected chi connectivity index (χ0v) is 17.6. The van der Waals surface area contributed by atoms with Gasteiger partial charge in [-0.15, -0.1) is 0 Å². The van der Waals surface area contributed by atoms with E-state index >= 15 is 0 Å². The Morgan fingerprint density at radius 3 is 2.61 bits per heavy atom. The fourth-order valence-electron chi connectivity index (χ4n) is 4.22. The van der Waals surface area contributed by atoms with E-state index in [0.29, 0.717) is 24.9 Å². The number of fused-ring (bicyclic) bond motifs is 1. The molecule has 2 amide bonds. The quantitative estimate of drug-likeness (QED) is 0.794. The van der Waals surface area contributed by atoms with E-state index < -0.39 is 5.60 Å². The van der Waals surface area contributed by atoms with Gasteiger partial charge < -0.3 is 14.5 Å². The molecule has 2 aliphatic rings. The van der Waals surface area contributed by atoms with Crippen LogP contribution < -0.4 is 0 Å². The van der Waals surface area contributed by atoms with Gasteiger partial charge >= 0.3 is 6.09 Å². The second kappa shape index (κ2) is 8.50. The number of carbonyl (C=O) groups is 2. The van der Waals surface area contributed by atoms with Crippen LogP contribution in [0.1, 0.15) is 57.6 Å². The number of pyridine rings is 1. The summed E-state index contributed by atoms with van der Waals surface area (Å²) < 4.78 is 5.43. The SMILES string of the molecule is CN(C[C@H]1CC[C@H](C(=O)N2CCc3cnccc3C2)CC1)C(=O)OC(C)(C)C. The van der Waals surface area contributed by atoms with Crippen LogP contribution in [0.4, 0.5) is 4.79 Å². The third-order valence-corrected chi connectivity index (χ3v) is 5.76. The Morgan fingerprint density at radius 1 is 1.21 bits per heavy atom. The molecule has 0 bridgehead atoms. The van der Waals surface area contributed by atoms with Crippen LogP contribution in [0, 0.1) is 11.8 Å². The fraction of sp³-hybridized carbons (Fsp3) is 0.682.